The van der Waals surface area contributed by atoms with Crippen molar-refractivity contribution in [1.29, 1.82) is 0 Å². The van der Waals surface area contributed by atoms with E-state index in [1.807, 2.05) is 12.1 Å². The van der Waals surface area contributed by atoms with E-state index < -0.39 is 17.9 Å². The van der Waals surface area contributed by atoms with Crippen LogP contribution in [-0.4, -0.2) is 56.2 Å². The van der Waals surface area contributed by atoms with Gasteiger partial charge in [-0.05, 0) is 52.3 Å². The lowest BCUT2D eigenvalue weighted by Crippen LogP contribution is -2.52. The number of ether oxygens (including phenoxy) is 1. The van der Waals surface area contributed by atoms with Crippen molar-refractivity contribution in [3.8, 4) is 5.75 Å². The molecule has 0 saturated heterocycles. The molecule has 0 heterocycles. The normalized spacial score (nSPS) is 12.0. The summed E-state index contributed by atoms with van der Waals surface area (Å²) in [5.41, 5.74) is 2.39. The Hall–Kier alpha value is -4.42. The summed E-state index contributed by atoms with van der Waals surface area (Å²) >= 11 is 3.39. The van der Waals surface area contributed by atoms with E-state index in [-0.39, 0.29) is 21.6 Å². The molecule has 1 atom stereocenters. The second-order valence-electron chi connectivity index (χ2n) is 9.05. The van der Waals surface area contributed by atoms with Gasteiger partial charge in [0.2, 0.25) is 5.91 Å². The van der Waals surface area contributed by atoms with Gasteiger partial charge in [0.1, 0.15) is 18.0 Å². The molecule has 0 bridgehead atoms. The average Bonchev–Trinajstić information content (AvgIpc) is 2.89. The first-order chi connectivity index (χ1) is 18.9. The Morgan fingerprint density at radius 2 is 1.60 bits per heavy atom. The summed E-state index contributed by atoms with van der Waals surface area (Å²) in [6.07, 6.45) is 0. The van der Waals surface area contributed by atoms with Crippen LogP contribution in [-0.2, 0) is 9.59 Å². The minimum absolute atomic E-state index is 0.0315. The highest BCUT2D eigenvalue weighted by atomic mass is 79.9. The number of carboxylic acid groups (broad SMARTS) is 1. The minimum Gasteiger partial charge on any atom is -0.494 e. The maximum atomic E-state index is 12.8. The van der Waals surface area contributed by atoms with Gasteiger partial charge >= 0.3 is 17.9 Å². The van der Waals surface area contributed by atoms with Crippen LogP contribution < -0.4 is 30.5 Å². The Kier molecular flexibility index (Phi) is 9.86. The number of carbonyl (C=O) groups excluding carboxylic acids is 3. The first kappa shape index (κ1) is 30.1. The highest BCUT2D eigenvalue weighted by Crippen LogP contribution is 2.33. The van der Waals surface area contributed by atoms with Crippen molar-refractivity contribution in [3.05, 3.63) is 70.7 Å². The first-order valence-electron chi connectivity index (χ1n) is 12.2. The van der Waals surface area contributed by atoms with Crippen molar-refractivity contribution in [2.24, 2.45) is 0 Å². The second-order valence-corrected chi connectivity index (χ2v) is 9.91. The third kappa shape index (κ3) is 7.36. The van der Waals surface area contributed by atoms with E-state index in [9.17, 15) is 24.3 Å². The standard InChI is InChI=1S/C28H30BrN5O6/c1-17(35)31-25-15-19(9-11-21(25)27(37)38)30-13-14-34(3,18(2)36)20-10-12-24(26(16-20)40-4)33-28(39)32-23-8-6-5-7-22(23)29/h5-12,15-16,30H,13-14H2,1-4H3,(H3-,31,32,33,35,37,38,39)/p+1. The van der Waals surface area contributed by atoms with Gasteiger partial charge in [-0.3, -0.25) is 4.79 Å². The molecule has 0 radical (unpaired) electrons. The molecule has 1 unspecified atom stereocenters. The molecule has 0 aliphatic heterocycles. The van der Waals surface area contributed by atoms with Crippen LogP contribution in [0.5, 0.6) is 5.75 Å². The van der Waals surface area contributed by atoms with Crippen molar-refractivity contribution >= 4 is 68.2 Å². The van der Waals surface area contributed by atoms with E-state index >= 15 is 0 Å². The number of rotatable bonds is 10. The third-order valence-corrected chi connectivity index (χ3v) is 6.96. The highest BCUT2D eigenvalue weighted by molar-refractivity contribution is 9.10. The van der Waals surface area contributed by atoms with Gasteiger partial charge < -0.3 is 31.1 Å². The highest BCUT2D eigenvalue weighted by Gasteiger charge is 2.32. The van der Waals surface area contributed by atoms with E-state index in [0.717, 1.165) is 4.47 Å². The zero-order valence-electron chi connectivity index (χ0n) is 22.5. The fraction of sp³-hybridized carbons (Fsp3) is 0.214. The zero-order valence-corrected chi connectivity index (χ0v) is 24.1. The Morgan fingerprint density at radius 1 is 0.900 bits per heavy atom. The Labute approximate surface area is 240 Å². The van der Waals surface area contributed by atoms with Crippen LogP contribution in [0.4, 0.5) is 33.2 Å². The number of hydrogen-bond acceptors (Lipinski definition) is 6. The quantitative estimate of drug-likeness (QED) is 0.194. The number of aromatic carboxylic acids is 1. The largest absolute Gasteiger partial charge is 0.494 e. The monoisotopic (exact) mass is 612 g/mol. The van der Waals surface area contributed by atoms with Gasteiger partial charge in [0.25, 0.3) is 0 Å². The predicted octanol–water partition coefficient (Wildman–Crippen LogP) is 5.35. The van der Waals surface area contributed by atoms with Crippen LogP contribution in [0, 0.1) is 0 Å². The van der Waals surface area contributed by atoms with Crippen LogP contribution in [0.1, 0.15) is 24.2 Å². The summed E-state index contributed by atoms with van der Waals surface area (Å²) < 4.78 is 6.16. The number of methoxy groups -OCH3 is 1. The van der Waals surface area contributed by atoms with E-state index in [1.54, 1.807) is 43.4 Å². The second kappa shape index (κ2) is 13.1. The van der Waals surface area contributed by atoms with Crippen molar-refractivity contribution in [2.75, 3.05) is 48.5 Å². The number of carbonyl (C=O) groups is 4. The Morgan fingerprint density at radius 3 is 2.23 bits per heavy atom. The molecule has 0 fully saturated rings. The predicted molar refractivity (Wildman–Crippen MR) is 159 cm³/mol. The van der Waals surface area contributed by atoms with Gasteiger partial charge in [0.05, 0.1) is 50.3 Å². The van der Waals surface area contributed by atoms with Crippen LogP contribution in [0.15, 0.2) is 65.1 Å². The van der Waals surface area contributed by atoms with Gasteiger partial charge in [0.15, 0.2) is 0 Å². The number of halogens is 1. The molecule has 0 aliphatic rings. The third-order valence-electron chi connectivity index (χ3n) is 6.27. The summed E-state index contributed by atoms with van der Waals surface area (Å²) in [6.45, 7) is 3.47. The molecule has 3 aromatic rings. The van der Waals surface area contributed by atoms with Crippen molar-refractivity contribution in [1.82, 2.24) is 4.48 Å². The average molecular weight is 613 g/mol. The van der Waals surface area contributed by atoms with Gasteiger partial charge in [-0.1, -0.05) is 12.1 Å². The van der Waals surface area contributed by atoms with Gasteiger partial charge in [-0.25, -0.2) is 18.9 Å². The smallest absolute Gasteiger partial charge is 0.337 e. The molecular formula is C28H31BrN5O6+. The fourth-order valence-electron chi connectivity index (χ4n) is 3.95. The number of carboxylic acids is 1. The summed E-state index contributed by atoms with van der Waals surface area (Å²) in [5.74, 6) is -1.30. The maximum absolute atomic E-state index is 12.8. The summed E-state index contributed by atoms with van der Waals surface area (Å²) in [7, 11) is 3.24. The summed E-state index contributed by atoms with van der Waals surface area (Å²) in [5, 5.41) is 20.6. The van der Waals surface area contributed by atoms with Crippen molar-refractivity contribution in [2.45, 2.75) is 13.8 Å². The lowest BCUT2D eigenvalue weighted by Gasteiger charge is -2.31. The number of quaternary nitrogens is 1. The number of anilines is 4. The minimum atomic E-state index is -1.16. The fourth-order valence-corrected chi connectivity index (χ4v) is 4.34. The Balaban J connectivity index is 1.75. The van der Waals surface area contributed by atoms with Crippen LogP contribution >= 0.6 is 15.9 Å². The number of urea groups is 1. The van der Waals surface area contributed by atoms with Crippen LogP contribution in [0.25, 0.3) is 0 Å². The first-order valence-corrected chi connectivity index (χ1v) is 13.0. The lowest BCUT2D eigenvalue weighted by molar-refractivity contribution is -0.126. The number of para-hydroxylation sites is 1. The molecule has 0 aliphatic carbocycles. The van der Waals surface area contributed by atoms with Crippen molar-refractivity contribution in [3.63, 3.8) is 0 Å². The molecule has 11 nitrogen and oxygen atoms in total. The molecule has 12 heteroatoms. The maximum Gasteiger partial charge on any atom is 0.337 e. The molecule has 0 aromatic heterocycles. The van der Waals surface area contributed by atoms with Gasteiger partial charge in [-0.2, -0.15) is 0 Å². The van der Waals surface area contributed by atoms with Crippen LogP contribution in [0.3, 0.4) is 0 Å². The molecule has 210 valence electrons. The molecular weight excluding hydrogens is 582 g/mol. The molecule has 3 aromatic carbocycles. The number of amides is 4. The van der Waals surface area contributed by atoms with E-state index in [0.29, 0.717) is 41.6 Å². The summed E-state index contributed by atoms with van der Waals surface area (Å²) in [4.78, 5) is 48.4. The lowest BCUT2D eigenvalue weighted by atomic mass is 10.1. The van der Waals surface area contributed by atoms with Gasteiger partial charge in [0, 0.05) is 29.2 Å². The van der Waals surface area contributed by atoms with E-state index in [1.165, 1.54) is 33.1 Å². The van der Waals surface area contributed by atoms with E-state index in [2.05, 4.69) is 37.2 Å². The molecule has 40 heavy (non-hydrogen) atoms. The molecule has 0 saturated carbocycles. The number of nitrogens with one attached hydrogen (secondary N) is 4. The number of likely N-dealkylation sites (N-methyl/N-ethyl adjacent to an activating group) is 1. The Bertz CT molecular complexity index is 1450. The zero-order chi connectivity index (χ0) is 29.4. The molecule has 3 rings (SSSR count). The topological polar surface area (TPSA) is 146 Å². The van der Waals surface area contributed by atoms with Gasteiger partial charge in [-0.15, -0.1) is 0 Å². The van der Waals surface area contributed by atoms with E-state index in [4.69, 9.17) is 4.74 Å². The van der Waals surface area contributed by atoms with Crippen molar-refractivity contribution < 1.29 is 29.0 Å². The number of nitrogens with zero attached hydrogens (tertiary/aromatic N) is 1. The van der Waals surface area contributed by atoms with Crippen LogP contribution in [0.2, 0.25) is 0 Å². The summed E-state index contributed by atoms with van der Waals surface area (Å²) in [6, 6.07) is 16.4. The molecule has 5 N–H and O–H groups in total. The molecule has 0 spiro atoms. The number of benzene rings is 3. The SMILES string of the molecule is COc1cc([N+](C)(CCNc2ccc(C(=O)O)c(NC(C)=O)c2)C(C)=O)ccc1NC(=O)Nc1ccccc1Br. The molecule has 4 amide bonds. The number of hydrogen-bond donors (Lipinski definition) is 5.